The lowest BCUT2D eigenvalue weighted by molar-refractivity contribution is -0.136. The van der Waals surface area contributed by atoms with Gasteiger partial charge in [-0.3, -0.25) is 24.1 Å². The summed E-state index contributed by atoms with van der Waals surface area (Å²) in [4.78, 5) is 65.3. The molecule has 3 aromatic carbocycles. The number of hydrogen-bond acceptors (Lipinski definition) is 10. The number of nitrogens with zero attached hydrogens (tertiary/aromatic N) is 5. The Balaban J connectivity index is 1.16. The van der Waals surface area contributed by atoms with Gasteiger partial charge in [-0.05, 0) is 60.0 Å². The SMILES string of the molecule is Cc1cc(N2CCOC[C@@H]2C(C)(F)F)cc(F)c1C(=O)N[C@@H](Cc1ccc(-n2c(=O)c3ccncc3n(C)c2=O)c2ncccc12)C(=O)Oc1ccc2c(c1)OCC2. The van der Waals surface area contributed by atoms with Crippen LogP contribution < -0.4 is 30.9 Å². The molecule has 0 bridgehead atoms. The van der Waals surface area contributed by atoms with E-state index < -0.39 is 46.9 Å². The van der Waals surface area contributed by atoms with Crippen molar-refractivity contribution in [1.82, 2.24) is 24.4 Å². The molecule has 0 radical (unpaired) electrons. The molecule has 1 fully saturated rings. The molecule has 2 aliphatic heterocycles. The van der Waals surface area contributed by atoms with Gasteiger partial charge in [0.05, 0.1) is 53.7 Å². The van der Waals surface area contributed by atoms with Gasteiger partial charge in [-0.25, -0.2) is 27.3 Å². The largest absolute Gasteiger partial charge is 0.493 e. The maximum Gasteiger partial charge on any atom is 0.335 e. The maximum absolute atomic E-state index is 16.0. The van der Waals surface area contributed by atoms with Crippen LogP contribution in [-0.2, 0) is 29.4 Å². The first-order chi connectivity index (χ1) is 27.8. The van der Waals surface area contributed by atoms with E-state index in [1.807, 2.05) is 0 Å². The van der Waals surface area contributed by atoms with E-state index in [0.717, 1.165) is 23.1 Å². The minimum atomic E-state index is -3.16. The second-order valence-corrected chi connectivity index (χ2v) is 14.4. The van der Waals surface area contributed by atoms with E-state index in [1.165, 1.54) is 60.2 Å². The minimum Gasteiger partial charge on any atom is -0.493 e. The molecule has 2 aliphatic rings. The van der Waals surface area contributed by atoms with Crippen LogP contribution in [0.2, 0.25) is 0 Å². The molecule has 3 aromatic heterocycles. The predicted octanol–water partition coefficient (Wildman–Crippen LogP) is 4.82. The molecule has 8 rings (SSSR count). The van der Waals surface area contributed by atoms with Crippen molar-refractivity contribution in [3.8, 4) is 17.2 Å². The third kappa shape index (κ3) is 7.04. The van der Waals surface area contributed by atoms with Crippen molar-refractivity contribution in [3.05, 3.63) is 128 Å². The molecule has 0 saturated carbocycles. The van der Waals surface area contributed by atoms with Gasteiger partial charge in [0.2, 0.25) is 0 Å². The molecule has 0 spiro atoms. The summed E-state index contributed by atoms with van der Waals surface area (Å²) in [6.45, 7) is 2.72. The molecule has 298 valence electrons. The van der Waals surface area contributed by atoms with Crippen LogP contribution in [0, 0.1) is 12.7 Å². The Kier molecular flexibility index (Phi) is 9.97. The highest BCUT2D eigenvalue weighted by Crippen LogP contribution is 2.33. The number of rotatable bonds is 9. The first-order valence-corrected chi connectivity index (χ1v) is 18.5. The number of ether oxygens (including phenoxy) is 3. The number of morpholine rings is 1. The summed E-state index contributed by atoms with van der Waals surface area (Å²) in [5, 5.41) is 3.37. The second-order valence-electron chi connectivity index (χ2n) is 14.4. The Morgan fingerprint density at radius 2 is 1.88 bits per heavy atom. The van der Waals surface area contributed by atoms with Gasteiger partial charge in [0.15, 0.2) is 0 Å². The minimum absolute atomic E-state index is 0.0866. The van der Waals surface area contributed by atoms with Crippen molar-refractivity contribution in [3.63, 3.8) is 0 Å². The van der Waals surface area contributed by atoms with Gasteiger partial charge in [-0.1, -0.05) is 18.2 Å². The van der Waals surface area contributed by atoms with E-state index in [1.54, 1.807) is 36.4 Å². The van der Waals surface area contributed by atoms with Gasteiger partial charge in [0.25, 0.3) is 17.4 Å². The van der Waals surface area contributed by atoms with Crippen LogP contribution >= 0.6 is 0 Å². The molecule has 6 aromatic rings. The highest BCUT2D eigenvalue weighted by Gasteiger charge is 2.41. The Hall–Kier alpha value is -6.55. The first kappa shape index (κ1) is 38.3. The number of benzene rings is 3. The number of aromatic nitrogens is 4. The number of carbonyl (C=O) groups excluding carboxylic acids is 2. The van der Waals surface area contributed by atoms with Crippen LogP contribution in [0.25, 0.3) is 27.5 Å². The molecule has 1 amide bonds. The summed E-state index contributed by atoms with van der Waals surface area (Å²) >= 11 is 0. The number of nitrogens with one attached hydrogen (secondary N) is 1. The molecule has 13 nitrogen and oxygen atoms in total. The normalized spacial score (nSPS) is 15.9. The Morgan fingerprint density at radius 3 is 2.67 bits per heavy atom. The lowest BCUT2D eigenvalue weighted by Gasteiger charge is -2.40. The summed E-state index contributed by atoms with van der Waals surface area (Å²) in [7, 11) is 1.53. The summed E-state index contributed by atoms with van der Waals surface area (Å²) in [5.74, 6) is -5.23. The van der Waals surface area contributed by atoms with Gasteiger partial charge >= 0.3 is 11.7 Å². The van der Waals surface area contributed by atoms with E-state index in [0.29, 0.717) is 35.2 Å². The van der Waals surface area contributed by atoms with Gasteiger partial charge in [0.1, 0.15) is 29.4 Å². The number of hydrogen-bond donors (Lipinski definition) is 1. The summed E-state index contributed by atoms with van der Waals surface area (Å²) in [5.41, 5.74) is 0.937. The van der Waals surface area contributed by atoms with Crippen LogP contribution in [0.1, 0.15) is 34.0 Å². The zero-order valence-corrected chi connectivity index (χ0v) is 31.6. The van der Waals surface area contributed by atoms with Crippen LogP contribution in [0.15, 0.2) is 88.8 Å². The van der Waals surface area contributed by atoms with Crippen molar-refractivity contribution >= 4 is 39.4 Å². The molecule has 0 aliphatic carbocycles. The maximum atomic E-state index is 16.0. The summed E-state index contributed by atoms with van der Waals surface area (Å²) < 4.78 is 64.1. The van der Waals surface area contributed by atoms with Crippen LogP contribution in [-0.4, -0.2) is 75.4 Å². The number of aryl methyl sites for hydroxylation is 2. The molecule has 5 heterocycles. The van der Waals surface area contributed by atoms with Crippen molar-refractivity contribution in [1.29, 1.82) is 0 Å². The van der Waals surface area contributed by atoms with E-state index in [-0.39, 0.29) is 65.3 Å². The van der Waals surface area contributed by atoms with Crippen molar-refractivity contribution in [2.45, 2.75) is 44.7 Å². The lowest BCUT2D eigenvalue weighted by atomic mass is 9.98. The molecular formula is C42H37F3N6O7. The predicted molar refractivity (Wildman–Crippen MR) is 208 cm³/mol. The van der Waals surface area contributed by atoms with Crippen molar-refractivity contribution in [2.24, 2.45) is 7.05 Å². The molecule has 0 unspecified atom stereocenters. The molecular weight excluding hydrogens is 757 g/mol. The van der Waals surface area contributed by atoms with E-state index in [4.69, 9.17) is 14.2 Å². The Bertz CT molecular complexity index is 2730. The number of anilines is 1. The average molecular weight is 795 g/mol. The van der Waals surface area contributed by atoms with Crippen LogP contribution in [0.4, 0.5) is 18.9 Å². The van der Waals surface area contributed by atoms with Gasteiger partial charge in [-0.2, -0.15) is 0 Å². The van der Waals surface area contributed by atoms with E-state index in [9.17, 15) is 28.0 Å². The standard InChI is InChI=1S/C42H37F3N6O7/c1-23-17-26(50-14-16-56-22-35(50)42(2,44)45)19-30(43)36(23)38(52)48-31(40(54)58-27-8-6-24-11-15-57-34(24)20-27)18-25-7-9-32(37-28(25)5-4-12-47-37)51-39(53)29-10-13-46-21-33(29)49(3)41(51)55/h4-10,12-13,17,19-21,31,35H,11,14-16,18,22H2,1-3H3,(H,48,52)/t31-,35+/m0/s1. The van der Waals surface area contributed by atoms with Crippen LogP contribution in [0.5, 0.6) is 11.5 Å². The zero-order valence-electron chi connectivity index (χ0n) is 31.6. The quantitative estimate of drug-likeness (QED) is 0.160. The number of fused-ring (bicyclic) bond motifs is 3. The molecule has 1 N–H and O–H groups in total. The third-order valence-corrected chi connectivity index (χ3v) is 10.6. The Labute approximate surface area is 328 Å². The topological polar surface area (TPSA) is 147 Å². The van der Waals surface area contributed by atoms with Crippen molar-refractivity contribution < 1.29 is 37.0 Å². The summed E-state index contributed by atoms with van der Waals surface area (Å²) in [6.07, 6.45) is 4.89. The molecule has 1 saturated heterocycles. The highest BCUT2D eigenvalue weighted by molar-refractivity contribution is 5.99. The smallest absolute Gasteiger partial charge is 0.335 e. The van der Waals surface area contributed by atoms with Crippen molar-refractivity contribution in [2.75, 3.05) is 31.3 Å². The third-order valence-electron chi connectivity index (χ3n) is 10.6. The number of carbonyl (C=O) groups is 2. The monoisotopic (exact) mass is 794 g/mol. The molecule has 2 atom stereocenters. The fourth-order valence-electron chi connectivity index (χ4n) is 7.64. The highest BCUT2D eigenvalue weighted by atomic mass is 19.3. The Morgan fingerprint density at radius 1 is 1.05 bits per heavy atom. The number of halogens is 3. The number of amides is 1. The number of esters is 1. The molecule has 16 heteroatoms. The van der Waals surface area contributed by atoms with Gasteiger partial charge < -0.3 is 24.4 Å². The fraction of sp³-hybridized carbons (Fsp3) is 0.286. The molecule has 58 heavy (non-hydrogen) atoms. The second kappa shape index (κ2) is 15.1. The van der Waals surface area contributed by atoms with Gasteiger partial charge in [-0.15, -0.1) is 0 Å². The summed E-state index contributed by atoms with van der Waals surface area (Å²) in [6, 6.07) is 12.7. The van der Waals surface area contributed by atoms with E-state index >= 15 is 4.39 Å². The number of pyridine rings is 2. The first-order valence-electron chi connectivity index (χ1n) is 18.5. The fourth-order valence-corrected chi connectivity index (χ4v) is 7.64. The van der Waals surface area contributed by atoms with Crippen LogP contribution in [0.3, 0.4) is 0 Å². The van der Waals surface area contributed by atoms with Gasteiger partial charge in [0, 0.05) is 62.9 Å². The average Bonchev–Trinajstić information content (AvgIpc) is 3.68. The van der Waals surface area contributed by atoms with E-state index in [2.05, 4.69) is 15.3 Å². The lowest BCUT2D eigenvalue weighted by Crippen LogP contribution is -2.54. The number of alkyl halides is 2. The zero-order chi connectivity index (χ0) is 40.9.